The van der Waals surface area contributed by atoms with Crippen molar-refractivity contribution in [3.05, 3.63) is 39.5 Å². The number of nitriles is 2. The van der Waals surface area contributed by atoms with Gasteiger partial charge in [-0.15, -0.1) is 15.7 Å². The molecule has 0 radical (unpaired) electrons. The number of aliphatic hydroxyl groups is 2. The first-order valence-electron chi connectivity index (χ1n) is 10.4. The minimum atomic E-state index is -3.86. The lowest BCUT2D eigenvalue weighted by molar-refractivity contribution is 0.0779. The van der Waals surface area contributed by atoms with Crippen LogP contribution in [0.5, 0.6) is 0 Å². The molecule has 1 aromatic heterocycles. The lowest BCUT2D eigenvalue weighted by Crippen LogP contribution is -2.22. The topological polar surface area (TPSA) is 171 Å². The number of thiazole rings is 1. The molecule has 1 atom stereocenters. The largest absolute Gasteiger partial charge is 0.390 e. The van der Waals surface area contributed by atoms with Crippen LogP contribution in [0, 0.1) is 22.8 Å². The van der Waals surface area contributed by atoms with E-state index in [1.165, 1.54) is 13.8 Å². The van der Waals surface area contributed by atoms with Crippen molar-refractivity contribution in [1.29, 1.82) is 10.5 Å². The Labute approximate surface area is 203 Å². The maximum absolute atomic E-state index is 13.6. The normalized spacial score (nSPS) is 13.2. The van der Waals surface area contributed by atoms with E-state index in [0.717, 1.165) is 11.3 Å². The molecule has 4 N–H and O–H groups in total. The molecule has 0 unspecified atom stereocenters. The highest BCUT2D eigenvalue weighted by molar-refractivity contribution is 7.94. The number of aliphatic hydroxyl groups excluding tert-OH is 1. The zero-order valence-corrected chi connectivity index (χ0v) is 21.5. The number of carbonyl (C=O) groups excluding carboxylic acids is 1. The maximum Gasteiger partial charge on any atom is 0.355 e. The Hall–Kier alpha value is -3.03. The summed E-state index contributed by atoms with van der Waals surface area (Å²) in [6.07, 6.45) is 1.55. The number of benzene rings is 1. The predicted molar refractivity (Wildman–Crippen MR) is 129 cm³/mol. The molecule has 182 valence electrons. The van der Waals surface area contributed by atoms with Gasteiger partial charge in [-0.05, 0) is 48.9 Å². The van der Waals surface area contributed by atoms with Crippen LogP contribution in [0.15, 0.2) is 20.7 Å². The highest BCUT2D eigenvalue weighted by Crippen LogP contribution is 2.35. The third-order valence-electron chi connectivity index (χ3n) is 4.79. The monoisotopic (exact) mass is 504 g/mol. The summed E-state index contributed by atoms with van der Waals surface area (Å²) in [7, 11) is -3.86. The van der Waals surface area contributed by atoms with Gasteiger partial charge in [0.05, 0.1) is 23.9 Å². The van der Waals surface area contributed by atoms with Crippen molar-refractivity contribution < 1.29 is 19.2 Å². The summed E-state index contributed by atoms with van der Waals surface area (Å²) in [5.74, 6) is -0.0842. The number of anilines is 1. The third-order valence-corrected chi connectivity index (χ3v) is 8.45. The molecular formula is C22H28N6O4S2. The Balaban J connectivity index is 2.67. The molecule has 12 heteroatoms. The van der Waals surface area contributed by atoms with Crippen LogP contribution in [0.3, 0.4) is 0 Å². The van der Waals surface area contributed by atoms with Gasteiger partial charge in [0.2, 0.25) is 0 Å². The SMILES string of the molecule is CC(C)c1cc(C#N)cc(C(C)C)c1NC(=O)N=[S@](=O)(NC#N)c1sc(C(C)(C)O)nc1CO. The van der Waals surface area contributed by atoms with Crippen molar-refractivity contribution in [2.24, 2.45) is 4.36 Å². The summed E-state index contributed by atoms with van der Waals surface area (Å²) in [6, 6.07) is 4.50. The quantitative estimate of drug-likeness (QED) is 0.325. The molecule has 0 aliphatic rings. The summed E-state index contributed by atoms with van der Waals surface area (Å²) in [4.78, 5) is 17.1. The second-order valence-electron chi connectivity index (χ2n) is 8.68. The first kappa shape index (κ1) is 27.2. The van der Waals surface area contributed by atoms with Crippen LogP contribution in [0.25, 0.3) is 0 Å². The van der Waals surface area contributed by atoms with Gasteiger partial charge in [-0.2, -0.15) is 10.5 Å². The summed E-state index contributed by atoms with van der Waals surface area (Å²) in [5.41, 5.74) is 0.876. The zero-order chi connectivity index (χ0) is 25.8. The zero-order valence-electron chi connectivity index (χ0n) is 19.8. The van der Waals surface area contributed by atoms with E-state index in [1.54, 1.807) is 18.3 Å². The molecule has 34 heavy (non-hydrogen) atoms. The molecule has 10 nitrogen and oxygen atoms in total. The van der Waals surface area contributed by atoms with Crippen LogP contribution < -0.4 is 10.0 Å². The van der Waals surface area contributed by atoms with Crippen molar-refractivity contribution in [2.75, 3.05) is 5.32 Å². The van der Waals surface area contributed by atoms with Crippen LogP contribution in [-0.2, 0) is 22.1 Å². The van der Waals surface area contributed by atoms with E-state index in [0.29, 0.717) is 22.4 Å². The number of hydrogen-bond acceptors (Lipinski definition) is 8. The smallest absolute Gasteiger partial charge is 0.355 e. The number of aromatic nitrogens is 1. The van der Waals surface area contributed by atoms with Crippen molar-refractivity contribution in [1.82, 2.24) is 9.71 Å². The number of urea groups is 1. The van der Waals surface area contributed by atoms with Crippen molar-refractivity contribution in [3.63, 3.8) is 0 Å². The van der Waals surface area contributed by atoms with Crippen LogP contribution in [-0.4, -0.2) is 25.4 Å². The average molecular weight is 505 g/mol. The molecular weight excluding hydrogens is 476 g/mol. The molecule has 1 heterocycles. The molecule has 2 amide bonds. The van der Waals surface area contributed by atoms with Gasteiger partial charge >= 0.3 is 6.03 Å². The van der Waals surface area contributed by atoms with Crippen LogP contribution in [0.4, 0.5) is 10.5 Å². The predicted octanol–water partition coefficient (Wildman–Crippen LogP) is 4.03. The Morgan fingerprint density at radius 2 is 1.79 bits per heavy atom. The summed E-state index contributed by atoms with van der Waals surface area (Å²) < 4.78 is 19.3. The van der Waals surface area contributed by atoms with Gasteiger partial charge in [0.1, 0.15) is 14.8 Å². The number of hydrogen-bond donors (Lipinski definition) is 4. The number of carbonyl (C=O) groups is 1. The lowest BCUT2D eigenvalue weighted by Gasteiger charge is -2.20. The van der Waals surface area contributed by atoms with Crippen LogP contribution in [0.2, 0.25) is 0 Å². The summed E-state index contributed by atoms with van der Waals surface area (Å²) in [5, 5.41) is 41.4. The molecule has 2 rings (SSSR count). The standard InChI is InChI=1S/C22H28N6O4S2/c1-12(2)15-7-14(9-23)8-16(13(3)4)18(15)27-21(30)28-34(32,25-11-24)19-17(10-29)26-20(33-19)22(5,6)31/h7-8,12-13,29,31H,10H2,1-6H3,(H2,25,27,28,30,32)/t34-/m1/s1. The molecule has 0 saturated heterocycles. The number of rotatable bonds is 7. The summed E-state index contributed by atoms with van der Waals surface area (Å²) >= 11 is 0.787. The number of amides is 2. The van der Waals surface area contributed by atoms with Crippen LogP contribution in [0.1, 0.15) is 80.8 Å². The Kier molecular flexibility index (Phi) is 8.40. The minimum Gasteiger partial charge on any atom is -0.390 e. The Morgan fingerprint density at radius 1 is 1.24 bits per heavy atom. The molecule has 0 aliphatic carbocycles. The van der Waals surface area contributed by atoms with Crippen LogP contribution >= 0.6 is 11.3 Å². The third kappa shape index (κ3) is 5.90. The minimum absolute atomic E-state index is 0.0421. The van der Waals surface area contributed by atoms with E-state index in [-0.39, 0.29) is 26.7 Å². The van der Waals surface area contributed by atoms with Gasteiger partial charge in [-0.1, -0.05) is 27.7 Å². The van der Waals surface area contributed by atoms with E-state index < -0.39 is 28.2 Å². The molecule has 1 aromatic carbocycles. The maximum atomic E-state index is 13.6. The van der Waals surface area contributed by atoms with Gasteiger partial charge in [0, 0.05) is 5.69 Å². The fourth-order valence-electron chi connectivity index (χ4n) is 3.14. The average Bonchev–Trinajstić information content (AvgIpc) is 3.19. The first-order chi connectivity index (χ1) is 15.8. The molecule has 0 fully saturated rings. The lowest BCUT2D eigenvalue weighted by atomic mass is 9.90. The van der Waals surface area contributed by atoms with Gasteiger partial charge in [-0.3, -0.25) is 0 Å². The van der Waals surface area contributed by atoms with Gasteiger partial charge in [-0.25, -0.2) is 18.7 Å². The number of nitrogens with zero attached hydrogens (tertiary/aromatic N) is 4. The van der Waals surface area contributed by atoms with Gasteiger partial charge in [0.15, 0.2) is 16.1 Å². The van der Waals surface area contributed by atoms with Crippen molar-refractivity contribution >= 4 is 33.0 Å². The fourth-order valence-corrected chi connectivity index (χ4v) is 5.93. The molecule has 0 bridgehead atoms. The molecule has 2 aromatic rings. The highest BCUT2D eigenvalue weighted by atomic mass is 32.2. The molecule has 0 saturated carbocycles. The van der Waals surface area contributed by atoms with E-state index in [1.807, 2.05) is 27.7 Å². The molecule has 0 aliphatic heterocycles. The fraction of sp³-hybridized carbons (Fsp3) is 0.455. The number of nitrogens with one attached hydrogen (secondary N) is 2. The first-order valence-corrected chi connectivity index (χ1v) is 12.8. The van der Waals surface area contributed by atoms with E-state index in [4.69, 9.17) is 0 Å². The van der Waals surface area contributed by atoms with E-state index in [2.05, 4.69) is 25.5 Å². The highest BCUT2D eigenvalue weighted by Gasteiger charge is 2.29. The Morgan fingerprint density at radius 3 is 2.21 bits per heavy atom. The Bertz CT molecular complexity index is 1260. The second kappa shape index (κ2) is 10.5. The van der Waals surface area contributed by atoms with Crippen molar-refractivity contribution in [2.45, 2.75) is 69.8 Å². The van der Waals surface area contributed by atoms with Crippen molar-refractivity contribution in [3.8, 4) is 12.3 Å². The molecule has 0 spiro atoms. The van der Waals surface area contributed by atoms with E-state index in [9.17, 15) is 29.7 Å². The van der Waals surface area contributed by atoms with Gasteiger partial charge in [0.25, 0.3) is 0 Å². The second-order valence-corrected chi connectivity index (χ2v) is 11.8. The van der Waals surface area contributed by atoms with Gasteiger partial charge < -0.3 is 15.5 Å². The van der Waals surface area contributed by atoms with E-state index >= 15 is 0 Å². The summed E-state index contributed by atoms with van der Waals surface area (Å²) in [6.45, 7) is 9.95.